The minimum absolute atomic E-state index is 0.00291. The van der Waals surface area contributed by atoms with Crippen molar-refractivity contribution in [3.8, 4) is 46.0 Å². The fourth-order valence-electron chi connectivity index (χ4n) is 5.74. The van der Waals surface area contributed by atoms with E-state index in [0.29, 0.717) is 65.1 Å². The van der Waals surface area contributed by atoms with Crippen molar-refractivity contribution in [2.75, 3.05) is 41.6 Å². The van der Waals surface area contributed by atoms with Crippen LogP contribution in [-0.2, 0) is 0 Å². The van der Waals surface area contributed by atoms with Crippen molar-refractivity contribution in [1.82, 2.24) is 4.90 Å². The molecule has 13 heteroatoms. The van der Waals surface area contributed by atoms with Crippen molar-refractivity contribution in [3.05, 3.63) is 58.1 Å². The largest absolute Gasteiger partial charge is 0.493 e. The average molecular weight is 650 g/mol. The number of nitrogens with zero attached hydrogens (tertiary/aromatic N) is 3. The molecule has 3 aromatic rings. The zero-order chi connectivity index (χ0) is 33.5. The Morgan fingerprint density at radius 1 is 0.915 bits per heavy atom. The van der Waals surface area contributed by atoms with E-state index in [4.69, 9.17) is 33.2 Å². The van der Waals surface area contributed by atoms with Crippen LogP contribution in [-0.4, -0.2) is 75.7 Å². The standard InChI is InChI=1S/C34H39N3O10/c1-6-8-22(12-14-45-30-19-26-25(18-29(30)41-2)34(38)36-13-7-9-21(36)20-35-26)46-23-10-11-28(27(15-23)37(39)40)47-24-16-31(42-3)33(44-5)32(17-24)43-4/h10-11,15-22H,6-9,12-14H2,1-5H3/t21-,22?/m0/s1. The van der Waals surface area contributed by atoms with Crippen LogP contribution in [0.15, 0.2) is 47.5 Å². The molecule has 0 spiro atoms. The van der Waals surface area contributed by atoms with Crippen LogP contribution in [0.2, 0.25) is 0 Å². The van der Waals surface area contributed by atoms with Gasteiger partial charge in [0.15, 0.2) is 23.0 Å². The highest BCUT2D eigenvalue weighted by molar-refractivity contribution is 6.03. The van der Waals surface area contributed by atoms with E-state index < -0.39 is 4.92 Å². The molecule has 1 unspecified atom stereocenters. The Kier molecular flexibility index (Phi) is 10.5. The molecule has 0 aliphatic carbocycles. The predicted molar refractivity (Wildman–Crippen MR) is 174 cm³/mol. The number of hydrogen-bond donors (Lipinski definition) is 0. The zero-order valence-electron chi connectivity index (χ0n) is 27.1. The molecule has 1 fully saturated rings. The highest BCUT2D eigenvalue weighted by atomic mass is 16.6. The Bertz CT molecular complexity index is 1620. The summed E-state index contributed by atoms with van der Waals surface area (Å²) in [6.07, 6.45) is 5.40. The highest BCUT2D eigenvalue weighted by Crippen LogP contribution is 2.44. The van der Waals surface area contributed by atoms with Crippen molar-refractivity contribution in [1.29, 1.82) is 0 Å². The fraction of sp³-hybridized carbons (Fsp3) is 0.412. The van der Waals surface area contributed by atoms with Crippen LogP contribution in [0.5, 0.6) is 46.0 Å². The Balaban J connectivity index is 1.29. The molecule has 1 saturated heterocycles. The van der Waals surface area contributed by atoms with E-state index in [2.05, 4.69) is 4.99 Å². The molecular weight excluding hydrogens is 610 g/mol. The van der Waals surface area contributed by atoms with Crippen LogP contribution in [0.25, 0.3) is 0 Å². The van der Waals surface area contributed by atoms with Gasteiger partial charge in [-0.15, -0.1) is 0 Å². The smallest absolute Gasteiger partial charge is 0.315 e. The lowest BCUT2D eigenvalue weighted by Crippen LogP contribution is -2.35. The molecule has 3 aromatic carbocycles. The summed E-state index contributed by atoms with van der Waals surface area (Å²) in [5, 5.41) is 12.0. The molecule has 2 heterocycles. The number of nitro groups is 1. The van der Waals surface area contributed by atoms with Crippen molar-refractivity contribution < 1.29 is 42.9 Å². The van der Waals surface area contributed by atoms with E-state index >= 15 is 0 Å². The molecule has 5 rings (SSSR count). The van der Waals surface area contributed by atoms with Crippen molar-refractivity contribution in [2.24, 2.45) is 4.99 Å². The maximum absolute atomic E-state index is 13.2. The maximum Gasteiger partial charge on any atom is 0.315 e. The first kappa shape index (κ1) is 33.2. The minimum atomic E-state index is -0.528. The molecule has 0 N–H and O–H groups in total. The summed E-state index contributed by atoms with van der Waals surface area (Å²) in [6.45, 7) is 3.01. The second kappa shape index (κ2) is 14.9. The number of carbonyl (C=O) groups excluding carboxylic acids is 1. The molecule has 2 aliphatic rings. The number of fused-ring (bicyclic) bond motifs is 2. The van der Waals surface area contributed by atoms with Gasteiger partial charge in [-0.1, -0.05) is 13.3 Å². The van der Waals surface area contributed by atoms with E-state index in [1.807, 2.05) is 18.0 Å². The van der Waals surface area contributed by atoms with Crippen LogP contribution in [0.3, 0.4) is 0 Å². The van der Waals surface area contributed by atoms with Gasteiger partial charge in [0.25, 0.3) is 5.91 Å². The Morgan fingerprint density at radius 2 is 1.66 bits per heavy atom. The quantitative estimate of drug-likeness (QED) is 0.128. The van der Waals surface area contributed by atoms with Crippen LogP contribution >= 0.6 is 0 Å². The number of amides is 1. The number of methoxy groups -OCH3 is 4. The van der Waals surface area contributed by atoms with Gasteiger partial charge in [0.05, 0.1) is 63.3 Å². The van der Waals surface area contributed by atoms with Gasteiger partial charge < -0.3 is 38.1 Å². The minimum Gasteiger partial charge on any atom is -0.493 e. The van der Waals surface area contributed by atoms with Gasteiger partial charge in [-0.3, -0.25) is 19.9 Å². The topological polar surface area (TPSA) is 140 Å². The summed E-state index contributed by atoms with van der Waals surface area (Å²) in [4.78, 5) is 31.1. The SMILES string of the molecule is CCCC(CCOc1cc2c(cc1OC)C(=O)N1CCC[C@H]1C=N2)Oc1ccc(Oc2cc(OC)c(OC)c(OC)c2)c([N+](=O)[O-])c1. The average Bonchev–Trinajstić information content (AvgIpc) is 3.51. The van der Waals surface area contributed by atoms with E-state index in [1.54, 1.807) is 30.3 Å². The van der Waals surface area contributed by atoms with Crippen LogP contribution in [0, 0.1) is 10.1 Å². The number of ether oxygens (including phenoxy) is 7. The molecule has 0 radical (unpaired) electrons. The van der Waals surface area contributed by atoms with Crippen molar-refractivity contribution in [3.63, 3.8) is 0 Å². The summed E-state index contributed by atoms with van der Waals surface area (Å²) >= 11 is 0. The summed E-state index contributed by atoms with van der Waals surface area (Å²) in [5.41, 5.74) is 0.761. The number of rotatable bonds is 15. The molecule has 0 saturated carbocycles. The van der Waals surface area contributed by atoms with Gasteiger partial charge in [-0.05, 0) is 37.5 Å². The molecule has 47 heavy (non-hydrogen) atoms. The van der Waals surface area contributed by atoms with Crippen molar-refractivity contribution >= 4 is 23.5 Å². The lowest BCUT2D eigenvalue weighted by Gasteiger charge is -2.21. The third-order valence-corrected chi connectivity index (χ3v) is 8.06. The first-order valence-electron chi connectivity index (χ1n) is 15.4. The summed E-state index contributed by atoms with van der Waals surface area (Å²) in [7, 11) is 5.95. The number of carbonyl (C=O) groups is 1. The fourth-order valence-corrected chi connectivity index (χ4v) is 5.74. The first-order chi connectivity index (χ1) is 22.8. The maximum atomic E-state index is 13.2. The Hall–Kier alpha value is -5.20. The predicted octanol–water partition coefficient (Wildman–Crippen LogP) is 6.76. The third kappa shape index (κ3) is 7.29. The summed E-state index contributed by atoms with van der Waals surface area (Å²) in [6, 6.07) is 11.0. The molecule has 1 amide bonds. The van der Waals surface area contributed by atoms with Gasteiger partial charge in [-0.25, -0.2) is 0 Å². The normalized spacial score (nSPS) is 15.6. The van der Waals surface area contributed by atoms with Gasteiger partial charge in [-0.2, -0.15) is 0 Å². The number of hydrogen-bond acceptors (Lipinski definition) is 11. The van der Waals surface area contributed by atoms with Crippen LogP contribution in [0.4, 0.5) is 11.4 Å². The Morgan fingerprint density at radius 3 is 2.32 bits per heavy atom. The van der Waals surface area contributed by atoms with Gasteiger partial charge >= 0.3 is 5.69 Å². The van der Waals surface area contributed by atoms with Crippen LogP contribution < -0.4 is 33.2 Å². The molecule has 13 nitrogen and oxygen atoms in total. The molecular formula is C34H39N3O10. The number of nitro benzene ring substituents is 1. The van der Waals surface area contributed by atoms with E-state index in [1.165, 1.54) is 40.6 Å². The lowest BCUT2D eigenvalue weighted by atomic mass is 10.1. The zero-order valence-corrected chi connectivity index (χ0v) is 27.1. The third-order valence-electron chi connectivity index (χ3n) is 8.06. The summed E-state index contributed by atoms with van der Waals surface area (Å²) in [5.74, 6) is 2.52. The highest BCUT2D eigenvalue weighted by Gasteiger charge is 2.32. The molecule has 2 aliphatic heterocycles. The molecule has 250 valence electrons. The number of aliphatic imine (C=N–C) groups is 1. The van der Waals surface area contributed by atoms with E-state index in [9.17, 15) is 14.9 Å². The lowest BCUT2D eigenvalue weighted by molar-refractivity contribution is -0.385. The Labute approximate surface area is 273 Å². The second-order valence-corrected chi connectivity index (χ2v) is 11.0. The molecule has 0 aromatic heterocycles. The second-order valence-electron chi connectivity index (χ2n) is 11.0. The van der Waals surface area contributed by atoms with E-state index in [-0.39, 0.29) is 41.8 Å². The van der Waals surface area contributed by atoms with Gasteiger partial charge in [0, 0.05) is 37.4 Å². The van der Waals surface area contributed by atoms with Crippen molar-refractivity contribution in [2.45, 2.75) is 51.2 Å². The van der Waals surface area contributed by atoms with E-state index in [0.717, 1.165) is 19.3 Å². The monoisotopic (exact) mass is 649 g/mol. The summed E-state index contributed by atoms with van der Waals surface area (Å²) < 4.78 is 39.9. The molecule has 2 atom stereocenters. The first-order valence-corrected chi connectivity index (χ1v) is 15.4. The van der Waals surface area contributed by atoms with Crippen LogP contribution in [0.1, 0.15) is 49.4 Å². The van der Waals surface area contributed by atoms with Gasteiger partial charge in [0.2, 0.25) is 11.5 Å². The molecule has 0 bridgehead atoms. The van der Waals surface area contributed by atoms with Gasteiger partial charge in [0.1, 0.15) is 17.6 Å². The number of benzene rings is 3.